The number of nitrogens with two attached hydrogens (primary N) is 1. The standard InChI is InChI=1S/C31H22N4/c32-20-28(34)29(21-33)35-22-23-16-18-27(19-17-23)31(26-14-8-3-9-15-26)30(24-10-4-1-5-11-24)25-12-6-2-7-13-25/h1-19,22H,34H2/b29-28-,35-22?. The summed E-state index contributed by atoms with van der Waals surface area (Å²) in [4.78, 5) is 4.08. The molecule has 0 bridgehead atoms. The zero-order valence-electron chi connectivity index (χ0n) is 19.0. The van der Waals surface area contributed by atoms with E-state index in [2.05, 4.69) is 41.4 Å². The van der Waals surface area contributed by atoms with E-state index in [1.165, 1.54) is 6.21 Å². The van der Waals surface area contributed by atoms with Gasteiger partial charge in [0.05, 0.1) is 0 Å². The van der Waals surface area contributed by atoms with Crippen LogP contribution in [0.4, 0.5) is 0 Å². The van der Waals surface area contributed by atoms with E-state index < -0.39 is 0 Å². The molecule has 4 aromatic carbocycles. The molecule has 0 atom stereocenters. The van der Waals surface area contributed by atoms with Gasteiger partial charge in [-0.05, 0) is 39.0 Å². The van der Waals surface area contributed by atoms with Gasteiger partial charge in [0.2, 0.25) is 0 Å². The Bertz CT molecular complexity index is 1430. The second-order valence-electron chi connectivity index (χ2n) is 7.71. The van der Waals surface area contributed by atoms with Gasteiger partial charge < -0.3 is 5.73 Å². The summed E-state index contributed by atoms with van der Waals surface area (Å²) in [5.74, 6) is 0. The van der Waals surface area contributed by atoms with Crippen LogP contribution in [0, 0.1) is 22.7 Å². The average Bonchev–Trinajstić information content (AvgIpc) is 2.93. The van der Waals surface area contributed by atoms with Crippen LogP contribution >= 0.6 is 0 Å². The molecule has 2 N–H and O–H groups in total. The van der Waals surface area contributed by atoms with Crippen LogP contribution in [-0.4, -0.2) is 6.21 Å². The summed E-state index contributed by atoms with van der Waals surface area (Å²) in [7, 11) is 0. The van der Waals surface area contributed by atoms with Crippen molar-refractivity contribution in [1.29, 1.82) is 10.5 Å². The molecule has 166 valence electrons. The molecule has 4 heteroatoms. The van der Waals surface area contributed by atoms with Crippen LogP contribution in [0.1, 0.15) is 27.8 Å². The number of benzene rings is 4. The van der Waals surface area contributed by atoms with E-state index in [4.69, 9.17) is 16.3 Å². The molecule has 0 aromatic heterocycles. The number of hydrogen-bond donors (Lipinski definition) is 1. The Hall–Kier alpha value is -5.19. The van der Waals surface area contributed by atoms with Gasteiger partial charge in [-0.2, -0.15) is 10.5 Å². The monoisotopic (exact) mass is 450 g/mol. The van der Waals surface area contributed by atoms with E-state index in [0.717, 1.165) is 39.0 Å². The maximum absolute atomic E-state index is 9.17. The molecule has 0 unspecified atom stereocenters. The SMILES string of the molecule is N#C/C(N)=C(\C#N)N=Cc1ccc(C(=C(c2ccccc2)c2ccccc2)c2ccccc2)cc1. The van der Waals surface area contributed by atoms with Gasteiger partial charge in [-0.15, -0.1) is 0 Å². The summed E-state index contributed by atoms with van der Waals surface area (Å²) in [5, 5.41) is 18.1. The van der Waals surface area contributed by atoms with Gasteiger partial charge in [-0.1, -0.05) is 115 Å². The first-order chi connectivity index (χ1) is 17.2. The van der Waals surface area contributed by atoms with Crippen LogP contribution in [0.5, 0.6) is 0 Å². The molecule has 0 spiro atoms. The van der Waals surface area contributed by atoms with E-state index >= 15 is 0 Å². The van der Waals surface area contributed by atoms with E-state index in [9.17, 15) is 0 Å². The van der Waals surface area contributed by atoms with Crippen molar-refractivity contribution >= 4 is 17.4 Å². The Kier molecular flexibility index (Phi) is 7.29. The molecule has 0 saturated carbocycles. The van der Waals surface area contributed by atoms with Crippen molar-refractivity contribution in [2.24, 2.45) is 10.7 Å². The second kappa shape index (κ2) is 11.1. The maximum Gasteiger partial charge on any atom is 0.174 e. The Labute approximate surface area is 205 Å². The lowest BCUT2D eigenvalue weighted by molar-refractivity contribution is 1.27. The molecule has 0 heterocycles. The molecular formula is C31H22N4. The molecule has 0 fully saturated rings. The average molecular weight is 451 g/mol. The Morgan fingerprint density at radius 2 is 0.971 bits per heavy atom. The minimum absolute atomic E-state index is 0.100. The van der Waals surface area contributed by atoms with Crippen molar-refractivity contribution in [2.45, 2.75) is 0 Å². The summed E-state index contributed by atoms with van der Waals surface area (Å²) >= 11 is 0. The van der Waals surface area contributed by atoms with Crippen molar-refractivity contribution in [3.05, 3.63) is 154 Å². The lowest BCUT2D eigenvalue weighted by atomic mass is 9.85. The van der Waals surface area contributed by atoms with Crippen molar-refractivity contribution in [2.75, 3.05) is 0 Å². The summed E-state index contributed by atoms with van der Waals surface area (Å²) in [6.45, 7) is 0. The van der Waals surface area contributed by atoms with Gasteiger partial charge in [-0.3, -0.25) is 0 Å². The van der Waals surface area contributed by atoms with Crippen LogP contribution in [-0.2, 0) is 0 Å². The number of hydrogen-bond acceptors (Lipinski definition) is 4. The lowest BCUT2D eigenvalue weighted by Gasteiger charge is -2.18. The molecule has 0 aliphatic carbocycles. The number of nitriles is 2. The van der Waals surface area contributed by atoms with Crippen LogP contribution < -0.4 is 5.73 Å². The smallest absolute Gasteiger partial charge is 0.174 e. The Balaban J connectivity index is 1.89. The second-order valence-corrected chi connectivity index (χ2v) is 7.71. The number of aliphatic imine (C=N–C) groups is 1. The van der Waals surface area contributed by atoms with Crippen molar-refractivity contribution in [3.63, 3.8) is 0 Å². The van der Waals surface area contributed by atoms with Crippen molar-refractivity contribution in [1.82, 2.24) is 0 Å². The third kappa shape index (κ3) is 5.42. The first-order valence-corrected chi connectivity index (χ1v) is 11.1. The highest BCUT2D eigenvalue weighted by molar-refractivity contribution is 6.04. The van der Waals surface area contributed by atoms with Crippen LogP contribution in [0.2, 0.25) is 0 Å². The van der Waals surface area contributed by atoms with E-state index in [1.54, 1.807) is 6.07 Å². The molecule has 0 aliphatic heterocycles. The van der Waals surface area contributed by atoms with Crippen LogP contribution in [0.25, 0.3) is 11.1 Å². The molecular weight excluding hydrogens is 428 g/mol. The normalized spacial score (nSPS) is 11.3. The predicted molar refractivity (Wildman–Crippen MR) is 141 cm³/mol. The lowest BCUT2D eigenvalue weighted by Crippen LogP contribution is -1.98. The molecule has 4 rings (SSSR count). The summed E-state index contributed by atoms with van der Waals surface area (Å²) in [5.41, 5.74) is 12.7. The highest BCUT2D eigenvalue weighted by Gasteiger charge is 2.15. The molecule has 35 heavy (non-hydrogen) atoms. The Morgan fingerprint density at radius 1 is 0.571 bits per heavy atom. The molecule has 0 aliphatic rings. The molecule has 0 amide bonds. The minimum Gasteiger partial charge on any atom is -0.388 e. The van der Waals surface area contributed by atoms with E-state index in [-0.39, 0.29) is 11.4 Å². The molecule has 0 radical (unpaired) electrons. The van der Waals surface area contributed by atoms with Gasteiger partial charge >= 0.3 is 0 Å². The number of allylic oxidation sites excluding steroid dienone is 2. The highest BCUT2D eigenvalue weighted by atomic mass is 14.8. The largest absolute Gasteiger partial charge is 0.388 e. The summed E-state index contributed by atoms with van der Waals surface area (Å²) in [6, 6.07) is 42.6. The Morgan fingerprint density at radius 3 is 1.34 bits per heavy atom. The van der Waals surface area contributed by atoms with Crippen LogP contribution in [0.3, 0.4) is 0 Å². The fraction of sp³-hybridized carbons (Fsp3) is 0. The zero-order chi connectivity index (χ0) is 24.5. The fourth-order valence-electron chi connectivity index (χ4n) is 3.81. The van der Waals surface area contributed by atoms with Gasteiger partial charge in [0, 0.05) is 6.21 Å². The topological polar surface area (TPSA) is 86.0 Å². The van der Waals surface area contributed by atoms with E-state index in [0.29, 0.717) is 0 Å². The van der Waals surface area contributed by atoms with Gasteiger partial charge in [0.25, 0.3) is 0 Å². The van der Waals surface area contributed by atoms with Gasteiger partial charge in [0.1, 0.15) is 17.8 Å². The zero-order valence-corrected chi connectivity index (χ0v) is 19.0. The molecule has 0 saturated heterocycles. The highest BCUT2D eigenvalue weighted by Crippen LogP contribution is 2.36. The minimum atomic E-state index is -0.204. The quantitative estimate of drug-likeness (QED) is 0.212. The van der Waals surface area contributed by atoms with Crippen LogP contribution in [0.15, 0.2) is 132 Å². The van der Waals surface area contributed by atoms with Gasteiger partial charge in [0.15, 0.2) is 5.70 Å². The first-order valence-electron chi connectivity index (χ1n) is 11.1. The summed E-state index contributed by atoms with van der Waals surface area (Å²) in [6.07, 6.45) is 1.54. The van der Waals surface area contributed by atoms with E-state index in [1.807, 2.05) is 84.9 Å². The van der Waals surface area contributed by atoms with Crippen molar-refractivity contribution < 1.29 is 0 Å². The van der Waals surface area contributed by atoms with Gasteiger partial charge in [-0.25, -0.2) is 4.99 Å². The molecule has 4 nitrogen and oxygen atoms in total. The third-order valence-electron chi connectivity index (χ3n) is 5.46. The first kappa shape index (κ1) is 23.0. The third-order valence-corrected chi connectivity index (χ3v) is 5.46. The summed E-state index contributed by atoms with van der Waals surface area (Å²) < 4.78 is 0. The number of nitrogens with zero attached hydrogens (tertiary/aromatic N) is 3. The number of rotatable bonds is 6. The predicted octanol–water partition coefficient (Wildman–Crippen LogP) is 6.33. The van der Waals surface area contributed by atoms with Crippen molar-refractivity contribution in [3.8, 4) is 12.1 Å². The fourth-order valence-corrected chi connectivity index (χ4v) is 3.81. The maximum atomic E-state index is 9.17. The molecule has 4 aromatic rings.